The van der Waals surface area contributed by atoms with Crippen molar-refractivity contribution in [1.29, 1.82) is 0 Å². The van der Waals surface area contributed by atoms with Crippen LogP contribution < -0.4 is 4.90 Å². The van der Waals surface area contributed by atoms with E-state index >= 15 is 0 Å². The number of benzene rings is 2. The molecule has 0 bridgehead atoms. The van der Waals surface area contributed by atoms with Crippen molar-refractivity contribution in [3.05, 3.63) is 65.7 Å². The number of nitrogens with zero attached hydrogens (tertiary/aromatic N) is 2. The molecule has 2 amide bonds. The van der Waals surface area contributed by atoms with Crippen molar-refractivity contribution in [1.82, 2.24) is 4.90 Å². The van der Waals surface area contributed by atoms with Crippen molar-refractivity contribution in [3.63, 3.8) is 0 Å². The molecular formula is C29H34N2O4. The SMILES string of the molecule is CC1CCC(C(C)C)C(OC(=O)C23CCC(=O)N2c2ccccc2C(=O)N3Cc2ccccc2)C1. The van der Waals surface area contributed by atoms with Gasteiger partial charge in [-0.1, -0.05) is 69.7 Å². The lowest BCUT2D eigenvalue weighted by Gasteiger charge is -2.49. The normalized spacial score (nSPS) is 28.2. The summed E-state index contributed by atoms with van der Waals surface area (Å²) in [4.78, 5) is 44.5. The van der Waals surface area contributed by atoms with Crippen LogP contribution in [0.2, 0.25) is 0 Å². The summed E-state index contributed by atoms with van der Waals surface area (Å²) < 4.78 is 6.33. The summed E-state index contributed by atoms with van der Waals surface area (Å²) in [5.41, 5.74) is 0.366. The molecule has 4 unspecified atom stereocenters. The molecule has 1 saturated heterocycles. The van der Waals surface area contributed by atoms with Gasteiger partial charge >= 0.3 is 5.97 Å². The van der Waals surface area contributed by atoms with Crippen molar-refractivity contribution in [2.24, 2.45) is 17.8 Å². The standard InChI is InChI=1S/C29H34N2O4/c1-19(2)22-14-13-20(3)17-25(22)35-28(34)29-16-15-26(32)31(29)24-12-8-7-11-23(24)27(33)30(29)18-21-9-5-4-6-10-21/h4-12,19-20,22,25H,13-18H2,1-3H3. The summed E-state index contributed by atoms with van der Waals surface area (Å²) >= 11 is 0. The Labute approximate surface area is 207 Å². The highest BCUT2D eigenvalue weighted by atomic mass is 16.5. The zero-order valence-corrected chi connectivity index (χ0v) is 20.8. The fourth-order valence-electron chi connectivity index (χ4n) is 6.22. The van der Waals surface area contributed by atoms with Gasteiger partial charge in [0.15, 0.2) is 0 Å². The number of rotatable bonds is 5. The van der Waals surface area contributed by atoms with Crippen molar-refractivity contribution in [2.75, 3.05) is 4.90 Å². The number of hydrogen-bond acceptors (Lipinski definition) is 4. The molecule has 3 aliphatic rings. The van der Waals surface area contributed by atoms with E-state index in [0.29, 0.717) is 23.1 Å². The largest absolute Gasteiger partial charge is 0.459 e. The molecule has 5 rings (SSSR count). The van der Waals surface area contributed by atoms with Gasteiger partial charge in [0.1, 0.15) is 6.10 Å². The Balaban J connectivity index is 1.58. The number of ether oxygens (including phenoxy) is 1. The summed E-state index contributed by atoms with van der Waals surface area (Å²) in [6, 6.07) is 16.7. The molecule has 1 aliphatic carbocycles. The molecule has 2 fully saturated rings. The van der Waals surface area contributed by atoms with E-state index < -0.39 is 11.6 Å². The van der Waals surface area contributed by atoms with Crippen molar-refractivity contribution < 1.29 is 19.1 Å². The molecule has 2 aromatic rings. The third-order valence-electron chi connectivity index (χ3n) is 8.10. The Morgan fingerprint density at radius 2 is 1.77 bits per heavy atom. The van der Waals surface area contributed by atoms with Crippen molar-refractivity contribution >= 4 is 23.5 Å². The van der Waals surface area contributed by atoms with Crippen LogP contribution in [0.5, 0.6) is 0 Å². The molecule has 1 saturated carbocycles. The Bertz CT molecular complexity index is 1130. The molecular weight excluding hydrogens is 440 g/mol. The molecule has 0 spiro atoms. The van der Waals surface area contributed by atoms with E-state index in [2.05, 4.69) is 20.8 Å². The highest BCUT2D eigenvalue weighted by molar-refractivity contribution is 6.15. The van der Waals surface area contributed by atoms with Crippen LogP contribution in [0.1, 0.15) is 68.8 Å². The van der Waals surface area contributed by atoms with Gasteiger partial charge in [0.25, 0.3) is 5.91 Å². The number of esters is 1. The number of carbonyl (C=O) groups is 3. The smallest absolute Gasteiger partial charge is 0.354 e. The summed E-state index contributed by atoms with van der Waals surface area (Å²) in [6.07, 6.45) is 3.15. The van der Waals surface area contributed by atoms with Gasteiger partial charge in [-0.25, -0.2) is 4.79 Å². The molecule has 6 heteroatoms. The van der Waals surface area contributed by atoms with E-state index in [4.69, 9.17) is 4.74 Å². The predicted octanol–water partition coefficient (Wildman–Crippen LogP) is 5.17. The lowest BCUT2D eigenvalue weighted by Crippen LogP contribution is -2.68. The predicted molar refractivity (Wildman–Crippen MR) is 133 cm³/mol. The second kappa shape index (κ2) is 9.14. The second-order valence-corrected chi connectivity index (χ2v) is 10.7. The summed E-state index contributed by atoms with van der Waals surface area (Å²) in [7, 11) is 0. The summed E-state index contributed by atoms with van der Waals surface area (Å²) in [6.45, 7) is 6.77. The molecule has 35 heavy (non-hydrogen) atoms. The molecule has 2 aliphatic heterocycles. The molecule has 4 atom stereocenters. The molecule has 2 heterocycles. The first kappa shape index (κ1) is 23.6. The lowest BCUT2D eigenvalue weighted by molar-refractivity contribution is -0.169. The van der Waals surface area contributed by atoms with Crippen molar-refractivity contribution in [2.45, 2.75) is 71.2 Å². The quantitative estimate of drug-likeness (QED) is 0.561. The highest BCUT2D eigenvalue weighted by Gasteiger charge is 2.62. The number of hydrogen-bond donors (Lipinski definition) is 0. The van der Waals surface area contributed by atoms with E-state index in [-0.39, 0.29) is 43.2 Å². The molecule has 6 nitrogen and oxygen atoms in total. The fraction of sp³-hybridized carbons (Fsp3) is 0.483. The third kappa shape index (κ3) is 3.93. The van der Waals surface area contributed by atoms with Gasteiger partial charge in [-0.3, -0.25) is 14.5 Å². The Hall–Kier alpha value is -3.15. The van der Waals surface area contributed by atoms with Crippen LogP contribution in [0.3, 0.4) is 0 Å². The minimum atomic E-state index is -1.47. The summed E-state index contributed by atoms with van der Waals surface area (Å²) in [5, 5.41) is 0. The second-order valence-electron chi connectivity index (χ2n) is 10.7. The average Bonchev–Trinajstić information content (AvgIpc) is 3.20. The highest BCUT2D eigenvalue weighted by Crippen LogP contribution is 2.47. The maximum absolute atomic E-state index is 14.2. The Morgan fingerprint density at radius 1 is 1.06 bits per heavy atom. The van der Waals surface area contributed by atoms with Gasteiger partial charge < -0.3 is 9.64 Å². The number of fused-ring (bicyclic) bond motifs is 3. The number of para-hydroxylation sites is 1. The monoisotopic (exact) mass is 474 g/mol. The molecule has 0 N–H and O–H groups in total. The zero-order valence-electron chi connectivity index (χ0n) is 20.8. The average molecular weight is 475 g/mol. The minimum Gasteiger partial charge on any atom is -0.459 e. The van der Waals surface area contributed by atoms with E-state index in [1.165, 1.54) is 0 Å². The van der Waals surface area contributed by atoms with Gasteiger partial charge in [0, 0.05) is 19.4 Å². The third-order valence-corrected chi connectivity index (χ3v) is 8.10. The first-order chi connectivity index (χ1) is 16.8. The van der Waals surface area contributed by atoms with Gasteiger partial charge in [0.2, 0.25) is 11.6 Å². The summed E-state index contributed by atoms with van der Waals surface area (Å²) in [5.74, 6) is 0.240. The van der Waals surface area contributed by atoms with Crippen LogP contribution >= 0.6 is 0 Å². The van der Waals surface area contributed by atoms with Gasteiger partial charge in [-0.05, 0) is 48.3 Å². The Kier molecular flexibility index (Phi) is 6.16. The zero-order chi connectivity index (χ0) is 24.7. The van der Waals surface area contributed by atoms with Crippen LogP contribution in [0.25, 0.3) is 0 Å². The van der Waals surface area contributed by atoms with Gasteiger partial charge in [-0.2, -0.15) is 0 Å². The molecule has 0 radical (unpaired) electrons. The van der Waals surface area contributed by atoms with Crippen molar-refractivity contribution in [3.8, 4) is 0 Å². The number of amides is 2. The van der Waals surface area contributed by atoms with E-state index in [1.807, 2.05) is 30.3 Å². The Morgan fingerprint density at radius 3 is 2.51 bits per heavy atom. The molecule has 184 valence electrons. The topological polar surface area (TPSA) is 66.9 Å². The maximum Gasteiger partial charge on any atom is 0.354 e. The van der Waals surface area contributed by atoms with Gasteiger partial charge in [-0.15, -0.1) is 0 Å². The van der Waals surface area contributed by atoms with E-state index in [1.54, 1.807) is 34.1 Å². The van der Waals surface area contributed by atoms with Gasteiger partial charge in [0.05, 0.1) is 11.3 Å². The molecule has 2 aromatic carbocycles. The molecule has 0 aromatic heterocycles. The maximum atomic E-state index is 14.2. The first-order valence-electron chi connectivity index (χ1n) is 12.8. The van der Waals surface area contributed by atoms with E-state index in [0.717, 1.165) is 24.8 Å². The van der Waals surface area contributed by atoms with Crippen LogP contribution in [-0.4, -0.2) is 34.5 Å². The first-order valence-corrected chi connectivity index (χ1v) is 12.8. The van der Waals surface area contributed by atoms with E-state index in [9.17, 15) is 14.4 Å². The number of carbonyl (C=O) groups excluding carboxylic acids is 3. The lowest BCUT2D eigenvalue weighted by atomic mass is 9.75. The van der Waals surface area contributed by atoms with Crippen LogP contribution in [-0.2, 0) is 20.9 Å². The van der Waals surface area contributed by atoms with Crippen LogP contribution in [0, 0.1) is 17.8 Å². The van der Waals surface area contributed by atoms with Crippen LogP contribution in [0.15, 0.2) is 54.6 Å². The van der Waals surface area contributed by atoms with Crippen LogP contribution in [0.4, 0.5) is 5.69 Å². The fourth-order valence-corrected chi connectivity index (χ4v) is 6.22. The minimum absolute atomic E-state index is 0.155. The number of anilines is 1.